The normalized spacial score (nSPS) is 15.7. The van der Waals surface area contributed by atoms with Gasteiger partial charge in [0, 0.05) is 29.7 Å². The van der Waals surface area contributed by atoms with E-state index >= 15 is 4.39 Å². The highest BCUT2D eigenvalue weighted by Crippen LogP contribution is 2.36. The lowest BCUT2D eigenvalue weighted by Gasteiger charge is -2.15. The van der Waals surface area contributed by atoms with E-state index in [-0.39, 0.29) is 17.3 Å². The molecule has 0 unspecified atom stereocenters. The zero-order chi connectivity index (χ0) is 28.2. The van der Waals surface area contributed by atoms with Gasteiger partial charge in [0.15, 0.2) is 23.2 Å². The number of aliphatic imine (C=N–C) groups is 1. The molecule has 0 atom stereocenters. The largest absolute Gasteiger partial charge is 0.417 e. The topological polar surface area (TPSA) is 96.6 Å². The number of carbonyl (C=O) groups is 2. The van der Waals surface area contributed by atoms with Crippen LogP contribution in [0.25, 0.3) is 0 Å². The van der Waals surface area contributed by atoms with Crippen molar-refractivity contribution in [1.29, 1.82) is 0 Å². The van der Waals surface area contributed by atoms with Crippen LogP contribution in [0, 0.1) is 17.5 Å². The van der Waals surface area contributed by atoms with Crippen LogP contribution in [0.5, 0.6) is 0 Å². The molecule has 0 aromatic heterocycles. The number of benzene rings is 2. The molecular formula is C25H17ClF6N4O2. The molecule has 0 bridgehead atoms. The molecule has 0 saturated heterocycles. The third kappa shape index (κ3) is 6.14. The van der Waals surface area contributed by atoms with Gasteiger partial charge in [-0.05, 0) is 48.9 Å². The van der Waals surface area contributed by atoms with E-state index in [1.807, 2.05) is 10.6 Å². The maximum absolute atomic E-state index is 15.2. The molecule has 2 aromatic rings. The predicted molar refractivity (Wildman–Crippen MR) is 131 cm³/mol. The van der Waals surface area contributed by atoms with Crippen LogP contribution in [0.4, 0.5) is 42.5 Å². The van der Waals surface area contributed by atoms with E-state index in [0.29, 0.717) is 17.4 Å². The van der Waals surface area contributed by atoms with Crippen molar-refractivity contribution in [1.82, 2.24) is 0 Å². The molecule has 38 heavy (non-hydrogen) atoms. The molecule has 0 saturated carbocycles. The van der Waals surface area contributed by atoms with Crippen molar-refractivity contribution in [2.24, 2.45) is 10.7 Å². The average Bonchev–Trinajstić information content (AvgIpc) is 2.86. The Morgan fingerprint density at radius 3 is 2.39 bits per heavy atom. The number of nitrogens with two attached hydrogens (primary N) is 1. The first-order valence-electron chi connectivity index (χ1n) is 10.5. The quantitative estimate of drug-likeness (QED) is 0.213. The Morgan fingerprint density at radius 1 is 1.05 bits per heavy atom. The Labute approximate surface area is 216 Å². The van der Waals surface area contributed by atoms with Crippen molar-refractivity contribution in [3.63, 3.8) is 0 Å². The number of carbonyl (C=O) groups excluding carboxylic acids is 2. The predicted octanol–water partition coefficient (Wildman–Crippen LogP) is 6.92. The first-order valence-corrected chi connectivity index (χ1v) is 10.9. The van der Waals surface area contributed by atoms with E-state index in [2.05, 4.69) is 4.99 Å². The molecule has 198 valence electrons. The molecule has 0 radical (unpaired) electrons. The summed E-state index contributed by atoms with van der Waals surface area (Å²) in [4.78, 5) is 29.3. The highest BCUT2D eigenvalue weighted by atomic mass is 35.5. The summed E-state index contributed by atoms with van der Waals surface area (Å²) in [6.07, 6.45) is 3.06. The van der Waals surface area contributed by atoms with E-state index in [0.717, 1.165) is 12.1 Å². The van der Waals surface area contributed by atoms with E-state index in [4.69, 9.17) is 17.3 Å². The fourth-order valence-electron chi connectivity index (χ4n) is 3.31. The second-order valence-corrected chi connectivity index (χ2v) is 7.95. The molecule has 6 nitrogen and oxygen atoms in total. The molecule has 4 N–H and O–H groups in total. The summed E-state index contributed by atoms with van der Waals surface area (Å²) in [6.45, 7) is 1.62. The van der Waals surface area contributed by atoms with Gasteiger partial charge in [-0.3, -0.25) is 9.79 Å². The van der Waals surface area contributed by atoms with Gasteiger partial charge in [-0.25, -0.2) is 18.0 Å². The Morgan fingerprint density at radius 2 is 1.76 bits per heavy atom. The van der Waals surface area contributed by atoms with Crippen LogP contribution in [0.3, 0.4) is 0 Å². The van der Waals surface area contributed by atoms with Crippen LogP contribution in [-0.4, -0.2) is 17.5 Å². The van der Waals surface area contributed by atoms with Crippen molar-refractivity contribution in [2.45, 2.75) is 13.1 Å². The maximum Gasteiger partial charge on any atom is 0.417 e. The third-order valence-electron chi connectivity index (χ3n) is 5.06. The molecule has 2 amide bonds. The standard InChI is InChI=1S/C25H17ClF6N4O2/c1-2-12-9-13(3-6-18(12)34-8-7-33)23(37)20-21(28)17(27)11-19(22(20)29)36-24(38)35-14-4-5-16(26)15(10-14)25(30,31)32/h2-11H,33H2,1H3,(H2,35,36,38)/b8-7-,12-2-,34-18-. The number of allylic oxidation sites excluding steroid dienone is 6. The van der Waals surface area contributed by atoms with Crippen LogP contribution < -0.4 is 16.4 Å². The van der Waals surface area contributed by atoms with Gasteiger partial charge in [0.25, 0.3) is 0 Å². The van der Waals surface area contributed by atoms with E-state index in [1.165, 1.54) is 30.6 Å². The number of nitrogens with one attached hydrogen (secondary N) is 2. The van der Waals surface area contributed by atoms with Crippen molar-refractivity contribution in [3.05, 3.63) is 106 Å². The minimum atomic E-state index is -4.82. The number of nitrogens with zero attached hydrogens (tertiary/aromatic N) is 1. The Balaban J connectivity index is 1.91. The summed E-state index contributed by atoms with van der Waals surface area (Å²) in [6, 6.07) is 1.43. The third-order valence-corrected chi connectivity index (χ3v) is 5.39. The first kappa shape index (κ1) is 28.3. The van der Waals surface area contributed by atoms with E-state index < -0.39 is 57.3 Å². The zero-order valence-electron chi connectivity index (χ0n) is 19.3. The highest BCUT2D eigenvalue weighted by molar-refractivity contribution is 6.31. The Kier molecular flexibility index (Phi) is 8.46. The molecule has 1 aliphatic rings. The van der Waals surface area contributed by atoms with Crippen molar-refractivity contribution in [2.75, 3.05) is 10.6 Å². The van der Waals surface area contributed by atoms with Crippen LogP contribution >= 0.6 is 11.6 Å². The second kappa shape index (κ2) is 11.4. The van der Waals surface area contributed by atoms with Crippen LogP contribution in [0.1, 0.15) is 22.8 Å². The fraction of sp³-hybridized carbons (Fsp3) is 0.0800. The molecule has 1 aliphatic carbocycles. The van der Waals surface area contributed by atoms with Gasteiger partial charge in [0.1, 0.15) is 0 Å². The molecular weight excluding hydrogens is 538 g/mol. The zero-order valence-corrected chi connectivity index (χ0v) is 20.0. The van der Waals surface area contributed by atoms with Crippen LogP contribution in [0.2, 0.25) is 5.02 Å². The van der Waals surface area contributed by atoms with Gasteiger partial charge in [0.2, 0.25) is 0 Å². The Hall–Kier alpha value is -4.32. The van der Waals surface area contributed by atoms with Crippen molar-refractivity contribution >= 4 is 40.5 Å². The number of ketones is 1. The Bertz CT molecular complexity index is 1460. The van der Waals surface area contributed by atoms with Crippen molar-refractivity contribution < 1.29 is 35.9 Å². The number of Topliss-reactive ketones (excluding diaryl/α,β-unsaturated/α-hetero) is 1. The van der Waals surface area contributed by atoms with Gasteiger partial charge in [-0.1, -0.05) is 17.7 Å². The molecule has 0 fully saturated rings. The van der Waals surface area contributed by atoms with Crippen LogP contribution in [-0.2, 0) is 6.18 Å². The minimum Gasteiger partial charge on any atom is -0.403 e. The molecule has 0 spiro atoms. The second-order valence-electron chi connectivity index (χ2n) is 7.54. The number of urea groups is 1. The van der Waals surface area contributed by atoms with E-state index in [1.54, 1.807) is 13.0 Å². The number of anilines is 2. The fourth-order valence-corrected chi connectivity index (χ4v) is 3.54. The summed E-state index contributed by atoms with van der Waals surface area (Å²) in [7, 11) is 0. The smallest absolute Gasteiger partial charge is 0.403 e. The summed E-state index contributed by atoms with van der Waals surface area (Å²) in [5.41, 5.74) is 1.98. The van der Waals surface area contributed by atoms with Gasteiger partial charge in [-0.15, -0.1) is 0 Å². The molecule has 3 rings (SSSR count). The molecule has 2 aromatic carbocycles. The first-order chi connectivity index (χ1) is 17.9. The SMILES string of the molecule is C/C=C1/C=C(C(=O)c2c(F)c(F)cc(NC(=O)Nc3ccc(Cl)c(C(F)(F)F)c3)c2F)C=C/C1=N/C=C\N. The average molecular weight is 555 g/mol. The monoisotopic (exact) mass is 554 g/mol. The lowest BCUT2D eigenvalue weighted by Crippen LogP contribution is -2.22. The van der Waals surface area contributed by atoms with Crippen LogP contribution in [0.15, 0.2) is 77.1 Å². The number of alkyl halides is 3. The van der Waals surface area contributed by atoms with Gasteiger partial charge >= 0.3 is 12.2 Å². The highest BCUT2D eigenvalue weighted by Gasteiger charge is 2.33. The summed E-state index contributed by atoms with van der Waals surface area (Å²) in [5, 5.41) is 3.24. The number of amides is 2. The van der Waals surface area contributed by atoms with Gasteiger partial charge in [-0.2, -0.15) is 13.2 Å². The summed E-state index contributed by atoms with van der Waals surface area (Å²) < 4.78 is 83.2. The maximum atomic E-state index is 15.2. The molecule has 13 heteroatoms. The minimum absolute atomic E-state index is 0.214. The number of halogens is 7. The molecule has 0 aliphatic heterocycles. The van der Waals surface area contributed by atoms with Gasteiger partial charge in [0.05, 0.1) is 27.5 Å². The van der Waals surface area contributed by atoms with E-state index in [9.17, 15) is 31.5 Å². The molecule has 0 heterocycles. The van der Waals surface area contributed by atoms with Gasteiger partial charge < -0.3 is 16.4 Å². The lowest BCUT2D eigenvalue weighted by molar-refractivity contribution is -0.137. The number of hydrogen-bond acceptors (Lipinski definition) is 4. The number of rotatable bonds is 5. The summed E-state index contributed by atoms with van der Waals surface area (Å²) >= 11 is 5.53. The van der Waals surface area contributed by atoms with Crippen molar-refractivity contribution in [3.8, 4) is 0 Å². The number of hydrogen-bond donors (Lipinski definition) is 3. The summed E-state index contributed by atoms with van der Waals surface area (Å²) in [5.74, 6) is -6.29. The lowest BCUT2D eigenvalue weighted by atomic mass is 9.93.